The van der Waals surface area contributed by atoms with E-state index in [0.717, 1.165) is 41.8 Å². The second-order valence-electron chi connectivity index (χ2n) is 7.78. The van der Waals surface area contributed by atoms with E-state index >= 15 is 0 Å². The maximum Gasteiger partial charge on any atom is 0.214 e. The van der Waals surface area contributed by atoms with E-state index in [1.165, 1.54) is 16.5 Å². The van der Waals surface area contributed by atoms with Gasteiger partial charge in [0, 0.05) is 42.5 Å². The van der Waals surface area contributed by atoms with E-state index in [-0.39, 0.29) is 0 Å². The Morgan fingerprint density at radius 3 is 2.59 bits per heavy atom. The smallest absolute Gasteiger partial charge is 0.214 e. The van der Waals surface area contributed by atoms with Crippen molar-refractivity contribution in [1.82, 2.24) is 30.1 Å². The molecule has 2 heterocycles. The van der Waals surface area contributed by atoms with Gasteiger partial charge < -0.3 is 9.88 Å². The first-order chi connectivity index (χ1) is 16.7. The van der Waals surface area contributed by atoms with E-state index in [0.29, 0.717) is 10.0 Å². The molecule has 0 aliphatic heterocycles. The summed E-state index contributed by atoms with van der Waals surface area (Å²) < 4.78 is 4.02. The number of rotatable bonds is 9. The molecule has 3 aromatic carbocycles. The number of nitrogens with zero attached hydrogens (tertiary/aromatic N) is 5. The molecule has 9 heteroatoms. The summed E-state index contributed by atoms with van der Waals surface area (Å²) in [5, 5.41) is 18.8. The molecule has 0 fully saturated rings. The van der Waals surface area contributed by atoms with Gasteiger partial charge in [0.1, 0.15) is 0 Å². The number of benzene rings is 3. The Hall–Kier alpha value is -2.84. The molecule has 0 spiro atoms. The van der Waals surface area contributed by atoms with E-state index in [4.69, 9.17) is 23.2 Å². The van der Waals surface area contributed by atoms with Gasteiger partial charge in [0.2, 0.25) is 5.16 Å². The Morgan fingerprint density at radius 1 is 0.912 bits per heavy atom. The molecule has 0 radical (unpaired) electrons. The molecule has 0 amide bonds. The maximum atomic E-state index is 6.22. The third-order valence-corrected chi connectivity index (χ3v) is 7.14. The summed E-state index contributed by atoms with van der Waals surface area (Å²) in [6.07, 6.45) is 2.21. The van der Waals surface area contributed by atoms with E-state index in [2.05, 4.69) is 55.9 Å². The molecule has 0 aliphatic carbocycles. The van der Waals surface area contributed by atoms with Gasteiger partial charge in [0.05, 0.1) is 15.7 Å². The second kappa shape index (κ2) is 10.6. The number of para-hydroxylation sites is 2. The number of fused-ring (bicyclic) bond motifs is 1. The zero-order valence-corrected chi connectivity index (χ0v) is 20.6. The van der Waals surface area contributed by atoms with E-state index in [1.807, 2.05) is 48.5 Å². The Morgan fingerprint density at radius 2 is 1.74 bits per heavy atom. The van der Waals surface area contributed by atoms with Crippen molar-refractivity contribution in [1.29, 1.82) is 0 Å². The largest absolute Gasteiger partial charge is 0.343 e. The van der Waals surface area contributed by atoms with Gasteiger partial charge >= 0.3 is 0 Å². The van der Waals surface area contributed by atoms with Crippen LogP contribution in [-0.4, -0.2) is 37.1 Å². The molecule has 0 unspecified atom stereocenters. The van der Waals surface area contributed by atoms with E-state index in [9.17, 15) is 0 Å². The predicted octanol–water partition coefficient (Wildman–Crippen LogP) is 5.85. The minimum atomic E-state index is 0.573. The maximum absolute atomic E-state index is 6.22. The first kappa shape index (κ1) is 22.9. The highest BCUT2D eigenvalue weighted by atomic mass is 35.5. The fourth-order valence-electron chi connectivity index (χ4n) is 3.87. The molecule has 6 nitrogen and oxygen atoms in total. The predicted molar refractivity (Wildman–Crippen MR) is 139 cm³/mol. The normalized spacial score (nSPS) is 11.4. The van der Waals surface area contributed by atoms with Crippen LogP contribution in [0.1, 0.15) is 11.1 Å². The van der Waals surface area contributed by atoms with Crippen molar-refractivity contribution in [2.45, 2.75) is 18.2 Å². The summed E-state index contributed by atoms with van der Waals surface area (Å²) in [5.41, 5.74) is 4.52. The molecular weight excluding hydrogens is 487 g/mol. The van der Waals surface area contributed by atoms with Crippen molar-refractivity contribution in [3.8, 4) is 5.69 Å². The van der Waals surface area contributed by atoms with Gasteiger partial charge in [-0.05, 0) is 51.9 Å². The lowest BCUT2D eigenvalue weighted by molar-refractivity contribution is 0.725. The van der Waals surface area contributed by atoms with Crippen molar-refractivity contribution in [3.63, 3.8) is 0 Å². The first-order valence-electron chi connectivity index (χ1n) is 10.9. The number of nitrogens with one attached hydrogen (secondary N) is 1. The molecule has 172 valence electrons. The quantitative estimate of drug-likeness (QED) is 0.199. The second-order valence-corrected chi connectivity index (χ2v) is 9.66. The number of hydrogen-bond acceptors (Lipinski definition) is 5. The van der Waals surface area contributed by atoms with Crippen LogP contribution in [-0.2, 0) is 13.1 Å². The molecule has 5 rings (SSSR count). The van der Waals surface area contributed by atoms with Crippen LogP contribution in [0.4, 0.5) is 0 Å². The summed E-state index contributed by atoms with van der Waals surface area (Å²) in [6.45, 7) is 2.34. The zero-order valence-electron chi connectivity index (χ0n) is 18.2. The van der Waals surface area contributed by atoms with Gasteiger partial charge in [0.15, 0.2) is 0 Å². The topological polar surface area (TPSA) is 60.6 Å². The fourth-order valence-corrected chi connectivity index (χ4v) is 4.98. The van der Waals surface area contributed by atoms with Crippen LogP contribution in [0, 0.1) is 0 Å². The summed E-state index contributed by atoms with van der Waals surface area (Å²) in [5.74, 6) is 0.856. The summed E-state index contributed by atoms with van der Waals surface area (Å²) >= 11 is 13.9. The molecule has 34 heavy (non-hydrogen) atoms. The fraction of sp³-hybridized carbons (Fsp3) is 0.160. The third kappa shape index (κ3) is 5.13. The average molecular weight is 509 g/mol. The molecule has 1 N–H and O–H groups in total. The molecule has 0 bridgehead atoms. The number of tetrazole rings is 1. The standard InChI is InChI=1S/C25H22Cl2N6S/c26-22-11-10-18(14-23(22)27)16-32-17-19(21-8-4-5-9-24(21)32)15-28-12-13-34-25-29-30-31-33(25)20-6-2-1-3-7-20/h1-11,14,17,28H,12-13,15-16H2. The first-order valence-corrected chi connectivity index (χ1v) is 12.6. The monoisotopic (exact) mass is 508 g/mol. The molecule has 5 aromatic rings. The van der Waals surface area contributed by atoms with Crippen LogP contribution in [0.2, 0.25) is 10.0 Å². The Bertz CT molecular complexity index is 1400. The lowest BCUT2D eigenvalue weighted by Crippen LogP contribution is -2.16. The van der Waals surface area contributed by atoms with Crippen molar-refractivity contribution < 1.29 is 0 Å². The van der Waals surface area contributed by atoms with Gasteiger partial charge in [-0.15, -0.1) is 5.10 Å². The number of thioether (sulfide) groups is 1. The van der Waals surface area contributed by atoms with E-state index < -0.39 is 0 Å². The number of halogens is 2. The van der Waals surface area contributed by atoms with Crippen LogP contribution in [0.15, 0.2) is 84.1 Å². The average Bonchev–Trinajstić information content (AvgIpc) is 3.47. The Kier molecular flexibility index (Phi) is 7.16. The molecule has 0 aliphatic rings. The molecule has 0 saturated heterocycles. The van der Waals surface area contributed by atoms with Gasteiger partial charge in [-0.1, -0.05) is 77.4 Å². The Labute approximate surface area is 211 Å². The minimum Gasteiger partial charge on any atom is -0.343 e. The van der Waals surface area contributed by atoms with Gasteiger partial charge in [-0.3, -0.25) is 0 Å². The summed E-state index contributed by atoms with van der Waals surface area (Å²) in [7, 11) is 0. The van der Waals surface area contributed by atoms with Crippen LogP contribution in [0.25, 0.3) is 16.6 Å². The molecule has 2 aromatic heterocycles. The highest BCUT2D eigenvalue weighted by Crippen LogP contribution is 2.26. The minimum absolute atomic E-state index is 0.573. The van der Waals surface area contributed by atoms with E-state index in [1.54, 1.807) is 16.4 Å². The highest BCUT2D eigenvalue weighted by molar-refractivity contribution is 7.99. The summed E-state index contributed by atoms with van der Waals surface area (Å²) in [6, 6.07) is 24.2. The van der Waals surface area contributed by atoms with Gasteiger partial charge in [0.25, 0.3) is 0 Å². The Balaban J connectivity index is 1.21. The van der Waals surface area contributed by atoms with Crippen molar-refractivity contribution >= 4 is 45.9 Å². The van der Waals surface area contributed by atoms with Crippen LogP contribution in [0.3, 0.4) is 0 Å². The molecule has 0 saturated carbocycles. The third-order valence-electron chi connectivity index (χ3n) is 5.48. The van der Waals surface area contributed by atoms with Crippen molar-refractivity contribution in [2.24, 2.45) is 0 Å². The molecular formula is C25H22Cl2N6S. The van der Waals surface area contributed by atoms with Crippen LogP contribution >= 0.6 is 35.0 Å². The zero-order chi connectivity index (χ0) is 23.3. The van der Waals surface area contributed by atoms with Gasteiger partial charge in [-0.2, -0.15) is 4.68 Å². The number of hydrogen-bond donors (Lipinski definition) is 1. The van der Waals surface area contributed by atoms with Crippen molar-refractivity contribution in [2.75, 3.05) is 12.3 Å². The van der Waals surface area contributed by atoms with Crippen LogP contribution in [0.5, 0.6) is 0 Å². The highest BCUT2D eigenvalue weighted by Gasteiger charge is 2.11. The van der Waals surface area contributed by atoms with Crippen molar-refractivity contribution in [3.05, 3.63) is 100 Å². The van der Waals surface area contributed by atoms with Gasteiger partial charge in [-0.25, -0.2) is 0 Å². The lowest BCUT2D eigenvalue weighted by Gasteiger charge is -2.07. The number of aromatic nitrogens is 5. The molecule has 0 atom stereocenters. The lowest BCUT2D eigenvalue weighted by atomic mass is 10.2. The SMILES string of the molecule is Clc1ccc(Cn2cc(CNCCSc3nnnn3-c3ccccc3)c3ccccc32)cc1Cl. The summed E-state index contributed by atoms with van der Waals surface area (Å²) in [4.78, 5) is 0. The van der Waals surface area contributed by atoms with Crippen LogP contribution < -0.4 is 5.32 Å².